The zero-order chi connectivity index (χ0) is 12.5. The minimum atomic E-state index is -0.902. The first-order valence-corrected chi connectivity index (χ1v) is 5.63. The Morgan fingerprint density at radius 2 is 2.29 bits per heavy atom. The number of hydrogen-bond acceptors (Lipinski definition) is 4. The van der Waals surface area contributed by atoms with Crippen LogP contribution in [0.2, 0.25) is 0 Å². The van der Waals surface area contributed by atoms with Gasteiger partial charge in [0.1, 0.15) is 11.3 Å². The molecule has 1 heterocycles. The van der Waals surface area contributed by atoms with Gasteiger partial charge >= 0.3 is 0 Å². The Bertz CT molecular complexity index is 436. The number of aryl methyl sites for hydroxylation is 1. The van der Waals surface area contributed by atoms with E-state index in [1.54, 1.807) is 13.2 Å². The number of carbonyl (C=O) groups is 1. The number of ketones is 1. The summed E-state index contributed by atoms with van der Waals surface area (Å²) in [6.45, 7) is 2.75. The molecule has 1 aromatic carbocycles. The second-order valence-corrected chi connectivity index (χ2v) is 4.49. The highest BCUT2D eigenvalue weighted by Crippen LogP contribution is 2.27. The molecule has 4 nitrogen and oxygen atoms in total. The van der Waals surface area contributed by atoms with Gasteiger partial charge in [0, 0.05) is 6.61 Å². The number of nitrogens with two attached hydrogens (primary N) is 1. The first kappa shape index (κ1) is 12.1. The fourth-order valence-electron chi connectivity index (χ4n) is 2.03. The van der Waals surface area contributed by atoms with E-state index in [1.807, 2.05) is 19.1 Å². The number of hydrogen-bond donors (Lipinski definition) is 1. The van der Waals surface area contributed by atoms with Crippen LogP contribution < -0.4 is 10.5 Å². The minimum Gasteiger partial charge on any atom is -0.496 e. The average Bonchev–Trinajstić information content (AvgIpc) is 2.76. The average molecular weight is 235 g/mol. The lowest BCUT2D eigenvalue weighted by Crippen LogP contribution is -2.48. The van der Waals surface area contributed by atoms with Gasteiger partial charge in [-0.15, -0.1) is 0 Å². The second kappa shape index (κ2) is 4.47. The van der Waals surface area contributed by atoms with E-state index in [0.29, 0.717) is 24.3 Å². The van der Waals surface area contributed by atoms with Gasteiger partial charge in [0.05, 0.1) is 19.3 Å². The summed E-state index contributed by atoms with van der Waals surface area (Å²) in [6.07, 6.45) is 0.558. The van der Waals surface area contributed by atoms with E-state index in [9.17, 15) is 4.79 Å². The maximum atomic E-state index is 12.4. The molecule has 17 heavy (non-hydrogen) atoms. The van der Waals surface area contributed by atoms with Crippen LogP contribution >= 0.6 is 0 Å². The lowest BCUT2D eigenvalue weighted by molar-refractivity contribution is 0.0860. The molecular formula is C13H17NO3. The van der Waals surface area contributed by atoms with Crippen LogP contribution in [0.25, 0.3) is 0 Å². The van der Waals surface area contributed by atoms with Crippen molar-refractivity contribution in [3.05, 3.63) is 29.3 Å². The van der Waals surface area contributed by atoms with Crippen LogP contribution in [0, 0.1) is 6.92 Å². The molecule has 92 valence electrons. The fourth-order valence-corrected chi connectivity index (χ4v) is 2.03. The summed E-state index contributed by atoms with van der Waals surface area (Å²) in [4.78, 5) is 12.4. The summed E-state index contributed by atoms with van der Waals surface area (Å²) < 4.78 is 10.4. The molecule has 1 aromatic rings. The first-order valence-electron chi connectivity index (χ1n) is 5.63. The second-order valence-electron chi connectivity index (χ2n) is 4.49. The van der Waals surface area contributed by atoms with E-state index in [1.165, 1.54) is 0 Å². The van der Waals surface area contributed by atoms with Gasteiger partial charge in [-0.25, -0.2) is 0 Å². The molecule has 1 aliphatic heterocycles. The number of carbonyl (C=O) groups excluding carboxylic acids is 1. The molecule has 1 aliphatic rings. The molecule has 0 saturated carbocycles. The van der Waals surface area contributed by atoms with Crippen molar-refractivity contribution in [2.24, 2.45) is 5.73 Å². The number of methoxy groups -OCH3 is 1. The zero-order valence-electron chi connectivity index (χ0n) is 10.2. The van der Waals surface area contributed by atoms with Gasteiger partial charge in [-0.3, -0.25) is 4.79 Å². The van der Waals surface area contributed by atoms with Crippen molar-refractivity contribution < 1.29 is 14.3 Å². The molecule has 0 aromatic heterocycles. The summed E-state index contributed by atoms with van der Waals surface area (Å²) in [5.41, 5.74) is 6.73. The van der Waals surface area contributed by atoms with Crippen molar-refractivity contribution in [3.63, 3.8) is 0 Å². The van der Waals surface area contributed by atoms with Crippen LogP contribution in [0.15, 0.2) is 18.2 Å². The lowest BCUT2D eigenvalue weighted by Gasteiger charge is -2.21. The molecule has 2 N–H and O–H groups in total. The van der Waals surface area contributed by atoms with Gasteiger partial charge in [0.15, 0.2) is 5.78 Å². The Kier molecular flexibility index (Phi) is 3.17. The van der Waals surface area contributed by atoms with Crippen molar-refractivity contribution >= 4 is 5.78 Å². The molecule has 1 atom stereocenters. The predicted molar refractivity (Wildman–Crippen MR) is 64.4 cm³/mol. The Hall–Kier alpha value is -1.39. The van der Waals surface area contributed by atoms with E-state index >= 15 is 0 Å². The molecule has 0 bridgehead atoms. The highest BCUT2D eigenvalue weighted by Gasteiger charge is 2.39. The van der Waals surface area contributed by atoms with Gasteiger partial charge in [0.2, 0.25) is 0 Å². The topological polar surface area (TPSA) is 61.5 Å². The molecule has 0 spiro atoms. The molecular weight excluding hydrogens is 218 g/mol. The third kappa shape index (κ3) is 2.18. The van der Waals surface area contributed by atoms with E-state index in [2.05, 4.69) is 0 Å². The number of Topliss-reactive ketones (excluding diaryl/α,β-unsaturated/α-hetero) is 1. The van der Waals surface area contributed by atoms with E-state index in [-0.39, 0.29) is 12.4 Å². The van der Waals surface area contributed by atoms with E-state index < -0.39 is 5.54 Å². The van der Waals surface area contributed by atoms with Gasteiger partial charge in [-0.1, -0.05) is 11.6 Å². The van der Waals surface area contributed by atoms with Crippen molar-refractivity contribution in [2.45, 2.75) is 18.9 Å². The normalized spacial score (nSPS) is 23.7. The van der Waals surface area contributed by atoms with Crippen LogP contribution in [0.3, 0.4) is 0 Å². The molecule has 0 amide bonds. The number of benzene rings is 1. The summed E-state index contributed by atoms with van der Waals surface area (Å²) in [5, 5.41) is 0. The van der Waals surface area contributed by atoms with E-state index in [0.717, 1.165) is 5.56 Å². The number of rotatable bonds is 3. The lowest BCUT2D eigenvalue weighted by atomic mass is 9.88. The first-order chi connectivity index (χ1) is 8.07. The standard InChI is InChI=1S/C13H17NO3/c1-9-3-4-11(16-2)10(7-9)12(15)13(14)5-6-17-8-13/h3-4,7H,5-6,8,14H2,1-2H3. The van der Waals surface area contributed by atoms with Crippen LogP contribution in [0.5, 0.6) is 5.75 Å². The van der Waals surface area contributed by atoms with Crippen LogP contribution in [0.4, 0.5) is 0 Å². The van der Waals surface area contributed by atoms with Crippen LogP contribution in [0.1, 0.15) is 22.3 Å². The van der Waals surface area contributed by atoms with Gasteiger partial charge in [-0.2, -0.15) is 0 Å². The third-order valence-corrected chi connectivity index (χ3v) is 3.10. The molecule has 2 rings (SSSR count). The third-order valence-electron chi connectivity index (χ3n) is 3.10. The molecule has 0 radical (unpaired) electrons. The maximum Gasteiger partial charge on any atom is 0.188 e. The Morgan fingerprint density at radius 3 is 2.88 bits per heavy atom. The minimum absolute atomic E-state index is 0.101. The largest absolute Gasteiger partial charge is 0.496 e. The van der Waals surface area contributed by atoms with Crippen molar-refractivity contribution in [3.8, 4) is 5.75 Å². The number of ether oxygens (including phenoxy) is 2. The van der Waals surface area contributed by atoms with Gasteiger partial charge in [-0.05, 0) is 25.5 Å². The molecule has 1 saturated heterocycles. The summed E-state index contributed by atoms with van der Waals surface area (Å²) in [5.74, 6) is 0.466. The Labute approximate surface area is 101 Å². The van der Waals surface area contributed by atoms with Crippen molar-refractivity contribution in [2.75, 3.05) is 20.3 Å². The van der Waals surface area contributed by atoms with Gasteiger partial charge in [0.25, 0.3) is 0 Å². The summed E-state index contributed by atoms with van der Waals surface area (Å²) >= 11 is 0. The molecule has 4 heteroatoms. The predicted octanol–water partition coefficient (Wildman–Crippen LogP) is 1.30. The SMILES string of the molecule is COc1ccc(C)cc1C(=O)C1(N)CCOC1. The highest BCUT2D eigenvalue weighted by atomic mass is 16.5. The van der Waals surface area contributed by atoms with Crippen molar-refractivity contribution in [1.29, 1.82) is 0 Å². The Balaban J connectivity index is 2.39. The smallest absolute Gasteiger partial charge is 0.188 e. The van der Waals surface area contributed by atoms with E-state index in [4.69, 9.17) is 15.2 Å². The fraction of sp³-hybridized carbons (Fsp3) is 0.462. The maximum absolute atomic E-state index is 12.4. The summed E-state index contributed by atoms with van der Waals surface area (Å²) in [7, 11) is 1.55. The highest BCUT2D eigenvalue weighted by molar-refractivity contribution is 6.05. The van der Waals surface area contributed by atoms with Crippen LogP contribution in [-0.4, -0.2) is 31.6 Å². The Morgan fingerprint density at radius 1 is 1.53 bits per heavy atom. The van der Waals surface area contributed by atoms with Crippen molar-refractivity contribution in [1.82, 2.24) is 0 Å². The quantitative estimate of drug-likeness (QED) is 0.802. The monoisotopic (exact) mass is 235 g/mol. The molecule has 1 fully saturated rings. The summed E-state index contributed by atoms with van der Waals surface area (Å²) in [6, 6.07) is 5.51. The van der Waals surface area contributed by atoms with Gasteiger partial charge < -0.3 is 15.2 Å². The zero-order valence-corrected chi connectivity index (χ0v) is 10.2. The molecule has 1 unspecified atom stereocenters. The molecule has 0 aliphatic carbocycles. The van der Waals surface area contributed by atoms with Crippen LogP contribution in [-0.2, 0) is 4.74 Å².